The molecule has 0 aromatic carbocycles. The number of amides is 1. The first-order valence-corrected chi connectivity index (χ1v) is 6.65. The van der Waals surface area contributed by atoms with Gasteiger partial charge in [0.2, 0.25) is 17.8 Å². The smallest absolute Gasteiger partial charge is 0.323 e. The van der Waals surface area contributed by atoms with Crippen LogP contribution in [0.25, 0.3) is 0 Å². The van der Waals surface area contributed by atoms with Gasteiger partial charge < -0.3 is 20.3 Å². The summed E-state index contributed by atoms with van der Waals surface area (Å²) >= 11 is 0. The van der Waals surface area contributed by atoms with Gasteiger partial charge in [-0.15, -0.1) is 0 Å². The van der Waals surface area contributed by atoms with Crippen LogP contribution in [0.5, 0.6) is 6.01 Å². The predicted octanol–water partition coefficient (Wildman–Crippen LogP) is 0.274. The zero-order valence-electron chi connectivity index (χ0n) is 12.4. The highest BCUT2D eigenvalue weighted by Crippen LogP contribution is 2.13. The van der Waals surface area contributed by atoms with Crippen molar-refractivity contribution in [3.05, 3.63) is 0 Å². The molecule has 0 aliphatic heterocycles. The van der Waals surface area contributed by atoms with Crippen LogP contribution in [-0.4, -0.2) is 54.7 Å². The van der Waals surface area contributed by atoms with E-state index >= 15 is 0 Å². The lowest BCUT2D eigenvalue weighted by atomic mass is 10.5. The number of anilines is 2. The molecule has 1 amide bonds. The number of nitrogens with zero attached hydrogens (tertiary/aromatic N) is 4. The molecule has 1 heterocycles. The van der Waals surface area contributed by atoms with Gasteiger partial charge in [0.25, 0.3) is 0 Å². The Hall–Kier alpha value is -2.12. The highest BCUT2D eigenvalue weighted by Gasteiger charge is 2.13. The topological polar surface area (TPSA) is 92.3 Å². The van der Waals surface area contributed by atoms with E-state index in [4.69, 9.17) is 4.74 Å². The summed E-state index contributed by atoms with van der Waals surface area (Å²) in [5.41, 5.74) is 0. The van der Waals surface area contributed by atoms with Crippen LogP contribution in [0.1, 0.15) is 20.3 Å². The molecule has 0 fully saturated rings. The fourth-order valence-corrected chi connectivity index (χ4v) is 1.39. The van der Waals surface area contributed by atoms with Crippen LogP contribution in [0.15, 0.2) is 0 Å². The molecule has 1 aromatic rings. The molecular formula is C12H22N6O2. The number of likely N-dealkylation sites (N-methyl/N-ethyl adjacent to an activating group) is 2. The van der Waals surface area contributed by atoms with Crippen molar-refractivity contribution in [1.82, 2.24) is 20.3 Å². The quantitative estimate of drug-likeness (QED) is 0.707. The number of carbonyl (C=O) groups is 1. The van der Waals surface area contributed by atoms with E-state index in [-0.39, 0.29) is 18.5 Å². The molecule has 0 aliphatic rings. The summed E-state index contributed by atoms with van der Waals surface area (Å²) < 4.78 is 5.32. The van der Waals surface area contributed by atoms with Crippen LogP contribution in [0.3, 0.4) is 0 Å². The fourth-order valence-electron chi connectivity index (χ4n) is 1.39. The van der Waals surface area contributed by atoms with E-state index in [0.717, 1.165) is 13.0 Å². The lowest BCUT2D eigenvalue weighted by Gasteiger charge is -2.17. The third-order valence-corrected chi connectivity index (χ3v) is 2.41. The van der Waals surface area contributed by atoms with Crippen LogP contribution in [0.4, 0.5) is 11.9 Å². The molecule has 1 rings (SSSR count). The average Bonchev–Trinajstić information content (AvgIpc) is 2.45. The molecule has 20 heavy (non-hydrogen) atoms. The van der Waals surface area contributed by atoms with Gasteiger partial charge >= 0.3 is 6.01 Å². The molecule has 0 atom stereocenters. The maximum absolute atomic E-state index is 11.4. The van der Waals surface area contributed by atoms with Crippen molar-refractivity contribution in [1.29, 1.82) is 0 Å². The number of ether oxygens (including phenoxy) is 1. The minimum Gasteiger partial charge on any atom is -0.464 e. The molecule has 112 valence electrons. The van der Waals surface area contributed by atoms with Crippen LogP contribution in [-0.2, 0) is 4.79 Å². The molecule has 0 radical (unpaired) electrons. The number of hydrogen-bond donors (Lipinski definition) is 2. The Balaban J connectivity index is 2.91. The molecule has 0 unspecified atom stereocenters. The van der Waals surface area contributed by atoms with Gasteiger partial charge in [0.1, 0.15) is 0 Å². The molecule has 2 N–H and O–H groups in total. The number of aromatic nitrogens is 3. The highest BCUT2D eigenvalue weighted by molar-refractivity contribution is 5.80. The molecule has 0 spiro atoms. The first-order valence-electron chi connectivity index (χ1n) is 6.65. The SMILES string of the molecule is CCCNc1nc(OCC)nc(N(C)CC(=O)NC)n1. The summed E-state index contributed by atoms with van der Waals surface area (Å²) in [7, 11) is 3.33. The van der Waals surface area contributed by atoms with Crippen LogP contribution >= 0.6 is 0 Å². The van der Waals surface area contributed by atoms with Crippen LogP contribution in [0, 0.1) is 0 Å². The van der Waals surface area contributed by atoms with Crippen molar-refractivity contribution in [2.45, 2.75) is 20.3 Å². The van der Waals surface area contributed by atoms with Gasteiger partial charge in [-0.2, -0.15) is 15.0 Å². The van der Waals surface area contributed by atoms with E-state index in [2.05, 4.69) is 32.5 Å². The lowest BCUT2D eigenvalue weighted by Crippen LogP contribution is -2.34. The lowest BCUT2D eigenvalue weighted by molar-refractivity contribution is -0.119. The predicted molar refractivity (Wildman–Crippen MR) is 77.1 cm³/mol. The Kier molecular flexibility index (Phi) is 6.48. The Labute approximate surface area is 119 Å². The summed E-state index contributed by atoms with van der Waals surface area (Å²) in [5.74, 6) is 0.726. The first-order chi connectivity index (χ1) is 9.60. The molecule has 0 bridgehead atoms. The van der Waals surface area contributed by atoms with E-state index in [1.807, 2.05) is 6.92 Å². The van der Waals surface area contributed by atoms with Gasteiger partial charge in [-0.25, -0.2) is 0 Å². The summed E-state index contributed by atoms with van der Waals surface area (Å²) in [6.45, 7) is 5.30. The average molecular weight is 282 g/mol. The van der Waals surface area contributed by atoms with Crippen molar-refractivity contribution >= 4 is 17.8 Å². The van der Waals surface area contributed by atoms with E-state index in [0.29, 0.717) is 18.5 Å². The molecule has 8 heteroatoms. The zero-order valence-corrected chi connectivity index (χ0v) is 12.4. The highest BCUT2D eigenvalue weighted by atomic mass is 16.5. The monoisotopic (exact) mass is 282 g/mol. The van der Waals surface area contributed by atoms with Crippen molar-refractivity contribution in [3.63, 3.8) is 0 Å². The molecular weight excluding hydrogens is 260 g/mol. The number of rotatable bonds is 8. The Bertz CT molecular complexity index is 440. The molecule has 0 aliphatic carbocycles. The van der Waals surface area contributed by atoms with Crippen molar-refractivity contribution in [3.8, 4) is 6.01 Å². The third-order valence-electron chi connectivity index (χ3n) is 2.41. The largest absolute Gasteiger partial charge is 0.464 e. The maximum Gasteiger partial charge on any atom is 0.323 e. The van der Waals surface area contributed by atoms with E-state index in [1.54, 1.807) is 19.0 Å². The summed E-state index contributed by atoms with van der Waals surface area (Å²) in [6.07, 6.45) is 0.957. The number of hydrogen-bond acceptors (Lipinski definition) is 7. The van der Waals surface area contributed by atoms with Crippen molar-refractivity contribution in [2.75, 3.05) is 44.0 Å². The molecule has 0 saturated carbocycles. The number of nitrogens with one attached hydrogen (secondary N) is 2. The first kappa shape index (κ1) is 15.9. The second-order valence-electron chi connectivity index (χ2n) is 4.13. The Morgan fingerprint density at radius 1 is 1.30 bits per heavy atom. The summed E-state index contributed by atoms with van der Waals surface area (Å²) in [5, 5.41) is 5.64. The van der Waals surface area contributed by atoms with Crippen molar-refractivity contribution in [2.24, 2.45) is 0 Å². The minimum atomic E-state index is -0.117. The van der Waals surface area contributed by atoms with Gasteiger partial charge in [0.05, 0.1) is 13.2 Å². The van der Waals surface area contributed by atoms with Gasteiger partial charge in [0.15, 0.2) is 0 Å². The van der Waals surface area contributed by atoms with Gasteiger partial charge in [0, 0.05) is 20.6 Å². The normalized spacial score (nSPS) is 10.0. The summed E-state index contributed by atoms with van der Waals surface area (Å²) in [6, 6.07) is 0.250. The molecule has 8 nitrogen and oxygen atoms in total. The zero-order chi connectivity index (χ0) is 15.0. The molecule has 0 saturated heterocycles. The second kappa shape index (κ2) is 8.13. The molecule has 1 aromatic heterocycles. The minimum absolute atomic E-state index is 0.117. The van der Waals surface area contributed by atoms with Gasteiger partial charge in [-0.1, -0.05) is 6.92 Å². The van der Waals surface area contributed by atoms with E-state index in [1.165, 1.54) is 0 Å². The Morgan fingerprint density at radius 3 is 2.65 bits per heavy atom. The van der Waals surface area contributed by atoms with Crippen LogP contribution in [0.2, 0.25) is 0 Å². The summed E-state index contributed by atoms with van der Waals surface area (Å²) in [4.78, 5) is 25.6. The van der Waals surface area contributed by atoms with Crippen LogP contribution < -0.4 is 20.3 Å². The Morgan fingerprint density at radius 2 is 2.05 bits per heavy atom. The maximum atomic E-state index is 11.4. The van der Waals surface area contributed by atoms with Crippen molar-refractivity contribution < 1.29 is 9.53 Å². The second-order valence-corrected chi connectivity index (χ2v) is 4.13. The van der Waals surface area contributed by atoms with Gasteiger partial charge in [-0.05, 0) is 13.3 Å². The number of carbonyl (C=O) groups excluding carboxylic acids is 1. The van der Waals surface area contributed by atoms with E-state index in [9.17, 15) is 4.79 Å². The fraction of sp³-hybridized carbons (Fsp3) is 0.667. The third kappa shape index (κ3) is 4.87. The van der Waals surface area contributed by atoms with Gasteiger partial charge in [-0.3, -0.25) is 4.79 Å². The standard InChI is InChI=1S/C12H22N6O2/c1-5-7-14-10-15-11(17-12(16-10)20-6-2)18(4)8-9(19)13-3/h5-8H2,1-4H3,(H,13,19)(H,14,15,16,17). The van der Waals surface area contributed by atoms with E-state index < -0.39 is 0 Å².